The van der Waals surface area contributed by atoms with Gasteiger partial charge in [0.15, 0.2) is 5.71 Å². The number of oxime groups is 1. The minimum Gasteiger partial charge on any atom is -0.487 e. The number of ether oxygens (including phenoxy) is 1. The van der Waals surface area contributed by atoms with Gasteiger partial charge in [-0.3, -0.25) is 4.79 Å². The first-order chi connectivity index (χ1) is 12.8. The number of amides is 1. The lowest BCUT2D eigenvalue weighted by molar-refractivity contribution is -0.137. The predicted molar refractivity (Wildman–Crippen MR) is 94.8 cm³/mol. The van der Waals surface area contributed by atoms with Crippen LogP contribution in [0.1, 0.15) is 16.7 Å². The van der Waals surface area contributed by atoms with Crippen molar-refractivity contribution >= 4 is 23.2 Å². The zero-order valence-electron chi connectivity index (χ0n) is 14.4. The van der Waals surface area contributed by atoms with Gasteiger partial charge in [-0.15, -0.1) is 0 Å². The Kier molecular flexibility index (Phi) is 6.68. The molecule has 0 aliphatic carbocycles. The summed E-state index contributed by atoms with van der Waals surface area (Å²) in [6.07, 6.45) is -4.49. The number of likely N-dealkylation sites (N-methyl/N-ethyl adjacent to an activating group) is 1. The standard InChI is InChI=1S/C18H16ClF3N2O3/c1-23-17(25)16(24-26-2)13-6-4-3-5-11(13)10-27-15-8-7-12(9-14(15)19)18(20,21)22/h3-9H,10H2,1-2H3,(H,23,25)/b24-16+. The summed E-state index contributed by atoms with van der Waals surface area (Å²) < 4.78 is 43.7. The second-order valence-corrected chi connectivity index (χ2v) is 5.70. The first kappa shape index (κ1) is 20.6. The van der Waals surface area contributed by atoms with Crippen molar-refractivity contribution in [2.75, 3.05) is 14.2 Å². The van der Waals surface area contributed by atoms with Crippen molar-refractivity contribution in [2.24, 2.45) is 5.16 Å². The van der Waals surface area contributed by atoms with E-state index in [1.54, 1.807) is 24.3 Å². The number of nitrogens with zero attached hydrogens (tertiary/aromatic N) is 1. The van der Waals surface area contributed by atoms with Crippen LogP contribution in [0.25, 0.3) is 0 Å². The van der Waals surface area contributed by atoms with E-state index >= 15 is 0 Å². The van der Waals surface area contributed by atoms with Gasteiger partial charge in [-0.2, -0.15) is 13.2 Å². The molecule has 144 valence electrons. The van der Waals surface area contributed by atoms with E-state index < -0.39 is 17.6 Å². The van der Waals surface area contributed by atoms with Crippen LogP contribution in [-0.2, 0) is 22.4 Å². The lowest BCUT2D eigenvalue weighted by Crippen LogP contribution is -2.29. The quantitative estimate of drug-likeness (QED) is 0.588. The van der Waals surface area contributed by atoms with Gasteiger partial charge in [0, 0.05) is 12.6 Å². The molecular formula is C18H16ClF3N2O3. The van der Waals surface area contributed by atoms with E-state index in [1.165, 1.54) is 14.2 Å². The van der Waals surface area contributed by atoms with Crippen LogP contribution < -0.4 is 10.1 Å². The molecule has 9 heteroatoms. The topological polar surface area (TPSA) is 59.9 Å². The largest absolute Gasteiger partial charge is 0.487 e. The summed E-state index contributed by atoms with van der Waals surface area (Å²) >= 11 is 5.89. The maximum Gasteiger partial charge on any atom is 0.416 e. The van der Waals surface area contributed by atoms with Gasteiger partial charge < -0.3 is 14.9 Å². The number of rotatable bonds is 6. The van der Waals surface area contributed by atoms with Crippen molar-refractivity contribution in [2.45, 2.75) is 12.8 Å². The zero-order valence-corrected chi connectivity index (χ0v) is 15.2. The van der Waals surface area contributed by atoms with Crippen LogP contribution in [0, 0.1) is 0 Å². The third kappa shape index (κ3) is 5.13. The summed E-state index contributed by atoms with van der Waals surface area (Å²) in [5.41, 5.74) is 0.210. The molecule has 0 saturated heterocycles. The van der Waals surface area contributed by atoms with E-state index in [9.17, 15) is 18.0 Å². The van der Waals surface area contributed by atoms with Crippen LogP contribution in [-0.4, -0.2) is 25.8 Å². The van der Waals surface area contributed by atoms with Gasteiger partial charge in [-0.25, -0.2) is 0 Å². The molecule has 0 saturated carbocycles. The molecule has 2 aromatic carbocycles. The molecule has 0 radical (unpaired) electrons. The first-order valence-electron chi connectivity index (χ1n) is 7.69. The van der Waals surface area contributed by atoms with E-state index in [4.69, 9.17) is 21.2 Å². The fourth-order valence-electron chi connectivity index (χ4n) is 2.25. The molecule has 2 aromatic rings. The molecule has 0 aliphatic rings. The van der Waals surface area contributed by atoms with E-state index in [1.807, 2.05) is 0 Å². The average molecular weight is 401 g/mol. The van der Waals surface area contributed by atoms with Gasteiger partial charge in [0.2, 0.25) is 0 Å². The highest BCUT2D eigenvalue weighted by atomic mass is 35.5. The fourth-order valence-corrected chi connectivity index (χ4v) is 2.48. The Morgan fingerprint density at radius 3 is 2.52 bits per heavy atom. The third-order valence-corrected chi connectivity index (χ3v) is 3.83. The van der Waals surface area contributed by atoms with Crippen LogP contribution in [0.5, 0.6) is 5.75 Å². The molecule has 1 amide bonds. The number of alkyl halides is 3. The number of hydrogen-bond donors (Lipinski definition) is 1. The molecule has 5 nitrogen and oxygen atoms in total. The number of carbonyl (C=O) groups excluding carboxylic acids is 1. The number of hydrogen-bond acceptors (Lipinski definition) is 4. The summed E-state index contributed by atoms with van der Waals surface area (Å²) in [4.78, 5) is 16.7. The SMILES string of the molecule is CNC(=O)/C(=N/OC)c1ccccc1COc1ccc(C(F)(F)F)cc1Cl. The zero-order chi connectivity index (χ0) is 20.0. The maximum absolute atomic E-state index is 12.7. The minimum atomic E-state index is -4.49. The summed E-state index contributed by atoms with van der Waals surface area (Å²) in [5, 5.41) is 6.03. The number of benzene rings is 2. The van der Waals surface area contributed by atoms with Crippen molar-refractivity contribution in [1.82, 2.24) is 5.32 Å². The molecule has 0 bridgehead atoms. The van der Waals surface area contributed by atoms with Crippen LogP contribution in [0.4, 0.5) is 13.2 Å². The van der Waals surface area contributed by atoms with Crippen LogP contribution >= 0.6 is 11.6 Å². The molecule has 1 N–H and O–H groups in total. The lowest BCUT2D eigenvalue weighted by atomic mass is 10.0. The highest BCUT2D eigenvalue weighted by molar-refractivity contribution is 6.45. The van der Waals surface area contributed by atoms with E-state index in [0.717, 1.165) is 18.2 Å². The Balaban J connectivity index is 2.27. The van der Waals surface area contributed by atoms with Crippen LogP contribution in [0.15, 0.2) is 47.6 Å². The highest BCUT2D eigenvalue weighted by Gasteiger charge is 2.31. The van der Waals surface area contributed by atoms with Gasteiger partial charge in [-0.1, -0.05) is 41.0 Å². The van der Waals surface area contributed by atoms with Gasteiger partial charge >= 0.3 is 6.18 Å². The Labute approximate surface area is 158 Å². The highest BCUT2D eigenvalue weighted by Crippen LogP contribution is 2.35. The van der Waals surface area contributed by atoms with Crippen molar-refractivity contribution in [1.29, 1.82) is 0 Å². The van der Waals surface area contributed by atoms with Crippen molar-refractivity contribution in [3.8, 4) is 5.75 Å². The Bertz CT molecular complexity index is 854. The van der Waals surface area contributed by atoms with E-state index in [2.05, 4.69) is 10.5 Å². The second-order valence-electron chi connectivity index (χ2n) is 5.29. The van der Waals surface area contributed by atoms with E-state index in [-0.39, 0.29) is 23.1 Å². The normalized spacial score (nSPS) is 11.9. The number of halogens is 4. The van der Waals surface area contributed by atoms with Gasteiger partial charge in [-0.05, 0) is 23.8 Å². The molecule has 2 rings (SSSR count). The summed E-state index contributed by atoms with van der Waals surface area (Å²) in [7, 11) is 2.76. The lowest BCUT2D eigenvalue weighted by Gasteiger charge is -2.14. The van der Waals surface area contributed by atoms with Crippen molar-refractivity contribution in [3.05, 3.63) is 64.2 Å². The second kappa shape index (κ2) is 8.77. The van der Waals surface area contributed by atoms with Gasteiger partial charge in [0.1, 0.15) is 19.5 Å². The number of nitrogens with one attached hydrogen (secondary N) is 1. The Morgan fingerprint density at radius 1 is 1.22 bits per heavy atom. The molecule has 0 unspecified atom stereocenters. The van der Waals surface area contributed by atoms with Crippen molar-refractivity contribution in [3.63, 3.8) is 0 Å². The molecule has 0 fully saturated rings. The van der Waals surface area contributed by atoms with Crippen LogP contribution in [0.2, 0.25) is 5.02 Å². The smallest absolute Gasteiger partial charge is 0.416 e. The average Bonchev–Trinajstić information content (AvgIpc) is 2.64. The third-order valence-electron chi connectivity index (χ3n) is 3.54. The van der Waals surface area contributed by atoms with E-state index in [0.29, 0.717) is 11.1 Å². The molecule has 0 aromatic heterocycles. The summed E-state index contributed by atoms with van der Waals surface area (Å²) in [6.45, 7) is -0.0407. The summed E-state index contributed by atoms with van der Waals surface area (Å²) in [6, 6.07) is 9.61. The first-order valence-corrected chi connectivity index (χ1v) is 8.06. The molecule has 27 heavy (non-hydrogen) atoms. The Morgan fingerprint density at radius 2 is 1.93 bits per heavy atom. The van der Waals surface area contributed by atoms with Gasteiger partial charge in [0.05, 0.1) is 10.6 Å². The molecule has 0 atom stereocenters. The Hall–Kier alpha value is -2.74. The predicted octanol–water partition coefficient (Wildman–Crippen LogP) is 4.03. The number of carbonyl (C=O) groups is 1. The maximum atomic E-state index is 12.7. The molecule has 0 spiro atoms. The monoisotopic (exact) mass is 400 g/mol. The minimum absolute atomic E-state index is 0.0396. The van der Waals surface area contributed by atoms with Crippen molar-refractivity contribution < 1.29 is 27.5 Å². The van der Waals surface area contributed by atoms with Gasteiger partial charge in [0.25, 0.3) is 5.91 Å². The molecular weight excluding hydrogens is 385 g/mol. The van der Waals surface area contributed by atoms with Crippen LogP contribution in [0.3, 0.4) is 0 Å². The summed E-state index contributed by atoms with van der Waals surface area (Å²) in [5.74, 6) is -0.374. The fraction of sp³-hybridized carbons (Fsp3) is 0.222. The molecule has 0 heterocycles. The molecule has 0 aliphatic heterocycles.